The van der Waals surface area contributed by atoms with Crippen molar-refractivity contribution in [2.45, 2.75) is 33.2 Å². The number of anilines is 2. The van der Waals surface area contributed by atoms with Crippen LogP contribution in [0.25, 0.3) is 22.3 Å². The zero-order valence-corrected chi connectivity index (χ0v) is 18.3. The first-order valence-electron chi connectivity index (χ1n) is 10.1. The van der Waals surface area contributed by atoms with Gasteiger partial charge in [0, 0.05) is 40.1 Å². The van der Waals surface area contributed by atoms with E-state index in [9.17, 15) is 0 Å². The zero-order valence-electron chi connectivity index (χ0n) is 17.6. The second kappa shape index (κ2) is 9.71. The molecule has 0 saturated carbocycles. The van der Waals surface area contributed by atoms with Crippen molar-refractivity contribution in [3.05, 3.63) is 65.7 Å². The van der Waals surface area contributed by atoms with E-state index in [1.165, 1.54) is 0 Å². The van der Waals surface area contributed by atoms with Crippen LogP contribution >= 0.6 is 11.6 Å². The summed E-state index contributed by atoms with van der Waals surface area (Å²) in [6.45, 7) is 7.38. The Morgan fingerprint density at radius 3 is 2.00 bits per heavy atom. The smallest absolute Gasteiger partial charge is 0.127 e. The summed E-state index contributed by atoms with van der Waals surface area (Å²) in [6.07, 6.45) is 1.10. The van der Waals surface area contributed by atoms with Gasteiger partial charge in [-0.05, 0) is 67.8 Å². The minimum Gasteiger partial charge on any atom is -0.496 e. The van der Waals surface area contributed by atoms with E-state index in [-0.39, 0.29) is 0 Å². The Bertz CT molecular complexity index is 934. The van der Waals surface area contributed by atoms with Gasteiger partial charge in [0.2, 0.25) is 0 Å². The molecule has 0 radical (unpaired) electrons. The van der Waals surface area contributed by atoms with E-state index in [4.69, 9.17) is 16.3 Å². The fourth-order valence-electron chi connectivity index (χ4n) is 3.29. The fourth-order valence-corrected chi connectivity index (χ4v) is 3.56. The molecule has 0 bridgehead atoms. The lowest BCUT2D eigenvalue weighted by Gasteiger charge is -2.15. The van der Waals surface area contributed by atoms with Crippen LogP contribution in [-0.4, -0.2) is 19.7 Å². The van der Waals surface area contributed by atoms with Gasteiger partial charge in [0.15, 0.2) is 0 Å². The van der Waals surface area contributed by atoms with Crippen LogP contribution in [0.1, 0.15) is 27.2 Å². The van der Waals surface area contributed by atoms with Gasteiger partial charge in [0.1, 0.15) is 5.75 Å². The highest BCUT2D eigenvalue weighted by molar-refractivity contribution is 6.33. The average Bonchev–Trinajstić information content (AvgIpc) is 2.73. The molecular weight excluding hydrogens is 380 g/mol. The summed E-state index contributed by atoms with van der Waals surface area (Å²) in [6, 6.07) is 21.1. The van der Waals surface area contributed by atoms with Crippen LogP contribution in [0, 0.1) is 0 Å². The Kier molecular flexibility index (Phi) is 7.05. The van der Waals surface area contributed by atoms with Crippen LogP contribution in [-0.2, 0) is 0 Å². The van der Waals surface area contributed by atoms with Crippen molar-refractivity contribution in [3.8, 4) is 28.0 Å². The van der Waals surface area contributed by atoms with Crippen molar-refractivity contribution in [3.63, 3.8) is 0 Å². The van der Waals surface area contributed by atoms with Gasteiger partial charge in [-0.3, -0.25) is 0 Å². The molecule has 2 N–H and O–H groups in total. The van der Waals surface area contributed by atoms with Crippen LogP contribution in [0.5, 0.6) is 5.75 Å². The highest BCUT2D eigenvalue weighted by Crippen LogP contribution is 2.39. The molecule has 4 heteroatoms. The third-order valence-corrected chi connectivity index (χ3v) is 5.03. The van der Waals surface area contributed by atoms with Crippen LogP contribution < -0.4 is 15.4 Å². The molecule has 0 aliphatic heterocycles. The maximum Gasteiger partial charge on any atom is 0.127 e. The first-order valence-corrected chi connectivity index (χ1v) is 10.5. The summed E-state index contributed by atoms with van der Waals surface area (Å²) in [7, 11) is 1.70. The Morgan fingerprint density at radius 1 is 0.862 bits per heavy atom. The van der Waals surface area contributed by atoms with E-state index in [0.717, 1.165) is 52.3 Å². The summed E-state index contributed by atoms with van der Waals surface area (Å²) in [5.74, 6) is 0.808. The van der Waals surface area contributed by atoms with E-state index < -0.39 is 0 Å². The molecular formula is C25H29ClN2O. The van der Waals surface area contributed by atoms with E-state index >= 15 is 0 Å². The first-order chi connectivity index (χ1) is 14.0. The monoisotopic (exact) mass is 408 g/mol. The lowest BCUT2D eigenvalue weighted by molar-refractivity contribution is 0.416. The minimum atomic E-state index is 0.396. The molecule has 0 unspecified atom stereocenters. The molecule has 3 rings (SSSR count). The highest BCUT2D eigenvalue weighted by Gasteiger charge is 2.13. The van der Waals surface area contributed by atoms with Crippen molar-refractivity contribution >= 4 is 23.0 Å². The molecule has 29 heavy (non-hydrogen) atoms. The van der Waals surface area contributed by atoms with E-state index in [1.807, 2.05) is 12.1 Å². The molecule has 0 aromatic heterocycles. The lowest BCUT2D eigenvalue weighted by atomic mass is 9.98. The number of rotatable bonds is 8. The quantitative estimate of drug-likeness (QED) is 0.409. The van der Waals surface area contributed by atoms with Crippen molar-refractivity contribution in [1.82, 2.24) is 0 Å². The molecule has 3 aromatic rings. The van der Waals surface area contributed by atoms with Gasteiger partial charge in [-0.2, -0.15) is 0 Å². The third kappa shape index (κ3) is 5.24. The second-order valence-electron chi connectivity index (χ2n) is 7.41. The Hall–Kier alpha value is -2.65. The van der Waals surface area contributed by atoms with Crippen LogP contribution in [0.4, 0.5) is 11.4 Å². The van der Waals surface area contributed by atoms with Crippen molar-refractivity contribution < 1.29 is 4.74 Å². The van der Waals surface area contributed by atoms with Crippen LogP contribution in [0.2, 0.25) is 5.02 Å². The van der Waals surface area contributed by atoms with Crippen molar-refractivity contribution in [2.24, 2.45) is 0 Å². The molecule has 3 nitrogen and oxygen atoms in total. The number of benzene rings is 3. The van der Waals surface area contributed by atoms with Gasteiger partial charge in [-0.1, -0.05) is 42.8 Å². The number of methoxy groups -OCH3 is 1. The molecule has 0 amide bonds. The molecule has 3 aromatic carbocycles. The van der Waals surface area contributed by atoms with Gasteiger partial charge in [-0.15, -0.1) is 0 Å². The zero-order chi connectivity index (χ0) is 20.8. The number of nitrogens with one attached hydrogen (secondary N) is 2. The Labute approximate surface area is 179 Å². The maximum atomic E-state index is 6.68. The van der Waals surface area contributed by atoms with Gasteiger partial charge >= 0.3 is 0 Å². The number of halogens is 1. The van der Waals surface area contributed by atoms with Gasteiger partial charge in [0.25, 0.3) is 0 Å². The third-order valence-electron chi connectivity index (χ3n) is 4.72. The molecule has 0 atom stereocenters. The Morgan fingerprint density at radius 2 is 1.45 bits per heavy atom. The predicted octanol–water partition coefficient (Wildman–Crippen LogP) is 7.32. The van der Waals surface area contributed by atoms with Crippen LogP contribution in [0.3, 0.4) is 0 Å². The maximum absolute atomic E-state index is 6.68. The minimum absolute atomic E-state index is 0.396. The van der Waals surface area contributed by atoms with Gasteiger partial charge < -0.3 is 15.4 Å². The van der Waals surface area contributed by atoms with E-state index in [2.05, 4.69) is 79.9 Å². The summed E-state index contributed by atoms with van der Waals surface area (Å²) in [4.78, 5) is 0. The lowest BCUT2D eigenvalue weighted by Crippen LogP contribution is -2.09. The Balaban J connectivity index is 1.91. The SMILES string of the molecule is CCCNc1ccc(-c2cc(Cl)c(-c3ccc(NC(C)C)cc3)cc2OC)cc1. The summed E-state index contributed by atoms with van der Waals surface area (Å²) < 4.78 is 5.70. The van der Waals surface area contributed by atoms with E-state index in [1.54, 1.807) is 7.11 Å². The number of hydrogen-bond acceptors (Lipinski definition) is 3. The van der Waals surface area contributed by atoms with Gasteiger partial charge in [-0.25, -0.2) is 0 Å². The molecule has 0 aliphatic carbocycles. The highest BCUT2D eigenvalue weighted by atomic mass is 35.5. The van der Waals surface area contributed by atoms with E-state index in [0.29, 0.717) is 11.1 Å². The summed E-state index contributed by atoms with van der Waals surface area (Å²) in [5.41, 5.74) is 6.31. The fraction of sp³-hybridized carbons (Fsp3) is 0.280. The molecule has 0 saturated heterocycles. The summed E-state index contributed by atoms with van der Waals surface area (Å²) in [5, 5.41) is 7.51. The topological polar surface area (TPSA) is 33.3 Å². The van der Waals surface area contributed by atoms with Crippen molar-refractivity contribution in [1.29, 1.82) is 0 Å². The van der Waals surface area contributed by atoms with Crippen molar-refractivity contribution in [2.75, 3.05) is 24.3 Å². The molecule has 0 aliphatic rings. The standard InChI is InChI=1S/C25H29ClN2O/c1-5-14-27-20-10-6-19(7-11-20)23-15-24(26)22(16-25(23)29-4)18-8-12-21(13-9-18)28-17(2)3/h6-13,15-17,27-28H,5,14H2,1-4H3. The molecule has 0 spiro atoms. The number of ether oxygens (including phenoxy) is 1. The molecule has 0 heterocycles. The molecule has 0 fully saturated rings. The normalized spacial score (nSPS) is 10.8. The molecule has 152 valence electrons. The number of hydrogen-bond donors (Lipinski definition) is 2. The first kappa shape index (κ1) is 21.1. The predicted molar refractivity (Wildman–Crippen MR) is 126 cm³/mol. The average molecular weight is 409 g/mol. The largest absolute Gasteiger partial charge is 0.496 e. The van der Waals surface area contributed by atoms with Gasteiger partial charge in [0.05, 0.1) is 7.11 Å². The van der Waals surface area contributed by atoms with Crippen LogP contribution in [0.15, 0.2) is 60.7 Å². The summed E-state index contributed by atoms with van der Waals surface area (Å²) >= 11 is 6.68. The second-order valence-corrected chi connectivity index (χ2v) is 7.82.